The fourth-order valence-corrected chi connectivity index (χ4v) is 2.29. The van der Waals surface area contributed by atoms with Gasteiger partial charge in [0.1, 0.15) is 0 Å². The molecule has 6 heteroatoms. The van der Waals surface area contributed by atoms with E-state index in [-0.39, 0.29) is 11.7 Å². The second-order valence-corrected chi connectivity index (χ2v) is 4.79. The maximum absolute atomic E-state index is 11.6. The number of hydrogen-bond acceptors (Lipinski definition) is 3. The highest BCUT2D eigenvalue weighted by Crippen LogP contribution is 2.23. The van der Waals surface area contributed by atoms with Crippen molar-refractivity contribution in [1.82, 2.24) is 5.32 Å². The van der Waals surface area contributed by atoms with Crippen LogP contribution >= 0.6 is 0 Å². The van der Waals surface area contributed by atoms with Crippen molar-refractivity contribution in [1.29, 1.82) is 0 Å². The van der Waals surface area contributed by atoms with E-state index in [1.54, 1.807) is 0 Å². The minimum Gasteiger partial charge on any atom is -0.338 e. The minimum absolute atomic E-state index is 0.0110. The number of urea groups is 1. The van der Waals surface area contributed by atoms with Crippen LogP contribution in [0.3, 0.4) is 0 Å². The quantitative estimate of drug-likeness (QED) is 0.647. The molecular formula is C13H17N3O3. The zero-order valence-electron chi connectivity index (χ0n) is 10.6. The summed E-state index contributed by atoms with van der Waals surface area (Å²) in [7, 11) is 0. The van der Waals surface area contributed by atoms with Crippen LogP contribution in [-0.4, -0.2) is 17.5 Å². The summed E-state index contributed by atoms with van der Waals surface area (Å²) >= 11 is 0. The van der Waals surface area contributed by atoms with E-state index in [1.807, 2.05) is 0 Å². The van der Waals surface area contributed by atoms with Crippen molar-refractivity contribution < 1.29 is 9.72 Å². The molecule has 1 aromatic rings. The van der Waals surface area contributed by atoms with Crippen molar-refractivity contribution in [2.24, 2.45) is 5.92 Å². The number of nitrogens with zero attached hydrogens (tertiary/aromatic N) is 1. The minimum atomic E-state index is -0.468. The molecule has 6 nitrogen and oxygen atoms in total. The molecular weight excluding hydrogens is 246 g/mol. The summed E-state index contributed by atoms with van der Waals surface area (Å²) < 4.78 is 0. The van der Waals surface area contributed by atoms with Gasteiger partial charge in [-0.1, -0.05) is 12.8 Å². The van der Waals surface area contributed by atoms with Crippen molar-refractivity contribution in [3.8, 4) is 0 Å². The van der Waals surface area contributed by atoms with Crippen molar-refractivity contribution in [2.75, 3.05) is 11.9 Å². The van der Waals surface area contributed by atoms with Crippen molar-refractivity contribution in [2.45, 2.75) is 25.7 Å². The number of non-ortho nitro benzene ring substituents is 1. The lowest BCUT2D eigenvalue weighted by Crippen LogP contribution is -2.32. The molecule has 0 aromatic heterocycles. The molecule has 0 bridgehead atoms. The number of nitro groups is 1. The molecule has 0 unspecified atom stereocenters. The Morgan fingerprint density at radius 3 is 2.47 bits per heavy atom. The van der Waals surface area contributed by atoms with Gasteiger partial charge in [-0.05, 0) is 30.9 Å². The Balaban J connectivity index is 1.79. The van der Waals surface area contributed by atoms with Gasteiger partial charge in [-0.15, -0.1) is 0 Å². The molecule has 1 aliphatic carbocycles. The average Bonchev–Trinajstić information content (AvgIpc) is 2.90. The Morgan fingerprint density at radius 1 is 1.26 bits per heavy atom. The van der Waals surface area contributed by atoms with Crippen LogP contribution < -0.4 is 10.6 Å². The SMILES string of the molecule is O=C(NCC1CCCC1)Nc1ccc([N+](=O)[O-])cc1. The van der Waals surface area contributed by atoms with E-state index in [9.17, 15) is 14.9 Å². The molecule has 0 heterocycles. The Kier molecular flexibility index (Phi) is 4.33. The first-order valence-electron chi connectivity index (χ1n) is 6.44. The van der Waals surface area contributed by atoms with Gasteiger partial charge in [0.15, 0.2) is 0 Å². The number of nitrogens with one attached hydrogen (secondary N) is 2. The molecule has 19 heavy (non-hydrogen) atoms. The number of hydrogen-bond donors (Lipinski definition) is 2. The van der Waals surface area contributed by atoms with E-state index >= 15 is 0 Å². The highest BCUT2D eigenvalue weighted by Gasteiger charge is 2.15. The normalized spacial score (nSPS) is 15.2. The monoisotopic (exact) mass is 263 g/mol. The number of carbonyl (C=O) groups excluding carboxylic acids is 1. The Morgan fingerprint density at radius 2 is 1.89 bits per heavy atom. The number of benzene rings is 1. The van der Waals surface area contributed by atoms with Crippen LogP contribution in [0.4, 0.5) is 16.2 Å². The molecule has 2 amide bonds. The van der Waals surface area contributed by atoms with Crippen LogP contribution in [0.2, 0.25) is 0 Å². The van der Waals surface area contributed by atoms with Gasteiger partial charge in [0.2, 0.25) is 0 Å². The summed E-state index contributed by atoms with van der Waals surface area (Å²) in [6.45, 7) is 0.693. The van der Waals surface area contributed by atoms with Gasteiger partial charge in [-0.3, -0.25) is 10.1 Å². The fraction of sp³-hybridized carbons (Fsp3) is 0.462. The zero-order chi connectivity index (χ0) is 13.7. The number of amides is 2. The molecule has 0 spiro atoms. The maximum Gasteiger partial charge on any atom is 0.319 e. The molecule has 2 rings (SSSR count). The van der Waals surface area contributed by atoms with Gasteiger partial charge in [0.05, 0.1) is 4.92 Å². The molecule has 1 saturated carbocycles. The largest absolute Gasteiger partial charge is 0.338 e. The number of carbonyl (C=O) groups is 1. The fourth-order valence-electron chi connectivity index (χ4n) is 2.29. The third-order valence-corrected chi connectivity index (χ3v) is 3.36. The summed E-state index contributed by atoms with van der Waals surface area (Å²) in [6.07, 6.45) is 4.85. The van der Waals surface area contributed by atoms with Gasteiger partial charge in [-0.25, -0.2) is 4.79 Å². The standard InChI is InChI=1S/C13H17N3O3/c17-13(14-9-10-3-1-2-4-10)15-11-5-7-12(8-6-11)16(18)19/h5-8,10H,1-4,9H2,(H2,14,15,17). The second kappa shape index (κ2) is 6.17. The Bertz CT molecular complexity index is 453. The third kappa shape index (κ3) is 3.94. The molecule has 1 fully saturated rings. The van der Waals surface area contributed by atoms with Crippen LogP contribution in [0.15, 0.2) is 24.3 Å². The van der Waals surface area contributed by atoms with Crippen molar-refractivity contribution in [3.05, 3.63) is 34.4 Å². The van der Waals surface area contributed by atoms with E-state index in [1.165, 1.54) is 49.9 Å². The van der Waals surface area contributed by atoms with Crippen LogP contribution in [0.25, 0.3) is 0 Å². The summed E-state index contributed by atoms with van der Waals surface area (Å²) in [5, 5.41) is 16.0. The van der Waals surface area contributed by atoms with Crippen LogP contribution in [0.1, 0.15) is 25.7 Å². The van der Waals surface area contributed by atoms with E-state index in [0.29, 0.717) is 18.2 Å². The maximum atomic E-state index is 11.6. The van der Waals surface area contributed by atoms with Gasteiger partial charge < -0.3 is 10.6 Å². The smallest absolute Gasteiger partial charge is 0.319 e. The first-order valence-corrected chi connectivity index (χ1v) is 6.44. The number of rotatable bonds is 4. The average molecular weight is 263 g/mol. The molecule has 2 N–H and O–H groups in total. The predicted molar refractivity (Wildman–Crippen MR) is 72.1 cm³/mol. The lowest BCUT2D eigenvalue weighted by molar-refractivity contribution is -0.384. The van der Waals surface area contributed by atoms with E-state index in [2.05, 4.69) is 10.6 Å². The zero-order valence-corrected chi connectivity index (χ0v) is 10.6. The van der Waals surface area contributed by atoms with Gasteiger partial charge in [-0.2, -0.15) is 0 Å². The number of nitro benzene ring substituents is 1. The molecule has 0 aliphatic heterocycles. The number of anilines is 1. The van der Waals surface area contributed by atoms with E-state index < -0.39 is 4.92 Å². The van der Waals surface area contributed by atoms with Crippen LogP contribution in [0, 0.1) is 16.0 Å². The Hall–Kier alpha value is -2.11. The molecule has 0 saturated heterocycles. The highest BCUT2D eigenvalue weighted by atomic mass is 16.6. The van der Waals surface area contributed by atoms with Gasteiger partial charge in [0, 0.05) is 24.4 Å². The Labute approximate surface area is 111 Å². The van der Waals surface area contributed by atoms with E-state index in [4.69, 9.17) is 0 Å². The van der Waals surface area contributed by atoms with Crippen molar-refractivity contribution in [3.63, 3.8) is 0 Å². The summed E-state index contributed by atoms with van der Waals surface area (Å²) in [6, 6.07) is 5.51. The van der Waals surface area contributed by atoms with Crippen LogP contribution in [0.5, 0.6) is 0 Å². The predicted octanol–water partition coefficient (Wildman–Crippen LogP) is 2.91. The summed E-state index contributed by atoms with van der Waals surface area (Å²) in [5.74, 6) is 0.586. The molecule has 0 atom stereocenters. The summed E-state index contributed by atoms with van der Waals surface area (Å²) in [4.78, 5) is 21.7. The van der Waals surface area contributed by atoms with Crippen molar-refractivity contribution >= 4 is 17.4 Å². The topological polar surface area (TPSA) is 84.3 Å². The first-order chi connectivity index (χ1) is 9.15. The highest BCUT2D eigenvalue weighted by molar-refractivity contribution is 5.89. The molecule has 102 valence electrons. The van der Waals surface area contributed by atoms with Gasteiger partial charge in [0.25, 0.3) is 5.69 Å². The second-order valence-electron chi connectivity index (χ2n) is 4.79. The molecule has 1 aromatic carbocycles. The lowest BCUT2D eigenvalue weighted by Gasteiger charge is -2.11. The molecule has 0 radical (unpaired) electrons. The van der Waals surface area contributed by atoms with E-state index in [0.717, 1.165) is 0 Å². The lowest BCUT2D eigenvalue weighted by atomic mass is 10.1. The summed E-state index contributed by atoms with van der Waals surface area (Å²) in [5.41, 5.74) is 0.562. The van der Waals surface area contributed by atoms with Gasteiger partial charge >= 0.3 is 6.03 Å². The third-order valence-electron chi connectivity index (χ3n) is 3.36. The molecule has 1 aliphatic rings. The first kappa shape index (κ1) is 13.3. The van der Waals surface area contributed by atoms with Crippen LogP contribution in [-0.2, 0) is 0 Å².